The van der Waals surface area contributed by atoms with Crippen LogP contribution in [0.15, 0.2) is 54.6 Å². The Bertz CT molecular complexity index is 726. The monoisotopic (exact) mass is 280 g/mol. The Labute approximate surface area is 125 Å². The molecule has 0 saturated heterocycles. The Kier molecular flexibility index (Phi) is 4.43. The largest absolute Gasteiger partial charge is 0.354 e. The van der Waals surface area contributed by atoms with Crippen molar-refractivity contribution in [1.82, 2.24) is 4.98 Å². The number of carbonyl (C=O) groups excluding carboxylic acids is 1. The van der Waals surface area contributed by atoms with E-state index in [-0.39, 0.29) is 13.3 Å². The summed E-state index contributed by atoms with van der Waals surface area (Å²) in [7, 11) is 0. The van der Waals surface area contributed by atoms with Gasteiger partial charge in [-0.25, -0.2) is 0 Å². The van der Waals surface area contributed by atoms with Crippen molar-refractivity contribution in [2.45, 2.75) is 20.8 Å². The maximum Gasteiger partial charge on any atom is 0.224 e. The van der Waals surface area contributed by atoms with Gasteiger partial charge in [-0.15, -0.1) is 0 Å². The SMILES string of the molecule is C.CCC(=O)Nc1ccccc1-c1cc2ccccc2[nH]1. The molecule has 0 radical (unpaired) electrons. The lowest BCUT2D eigenvalue weighted by molar-refractivity contribution is -0.115. The lowest BCUT2D eigenvalue weighted by Crippen LogP contribution is -2.10. The first-order valence-electron chi connectivity index (χ1n) is 6.75. The van der Waals surface area contributed by atoms with Crippen LogP contribution in [0.25, 0.3) is 22.2 Å². The zero-order chi connectivity index (χ0) is 13.9. The molecule has 0 atom stereocenters. The molecule has 3 heteroatoms. The molecule has 0 bridgehead atoms. The Balaban J connectivity index is 0.00000161. The molecule has 2 N–H and O–H groups in total. The molecule has 1 heterocycles. The van der Waals surface area contributed by atoms with E-state index >= 15 is 0 Å². The molecule has 3 aromatic rings. The van der Waals surface area contributed by atoms with Gasteiger partial charge in [0, 0.05) is 28.6 Å². The van der Waals surface area contributed by atoms with Crippen molar-refractivity contribution in [3.05, 3.63) is 54.6 Å². The van der Waals surface area contributed by atoms with E-state index in [4.69, 9.17) is 0 Å². The standard InChI is InChI=1S/C17H16N2O.CH4/c1-2-17(20)19-15-10-6-4-8-13(15)16-11-12-7-3-5-9-14(12)18-16;/h3-11,18H,2H2,1H3,(H,19,20);1H4. The molecule has 0 aliphatic rings. The highest BCUT2D eigenvalue weighted by molar-refractivity contribution is 5.96. The highest BCUT2D eigenvalue weighted by atomic mass is 16.1. The van der Waals surface area contributed by atoms with E-state index in [1.807, 2.05) is 49.4 Å². The Morgan fingerprint density at radius 1 is 1.10 bits per heavy atom. The summed E-state index contributed by atoms with van der Waals surface area (Å²) in [5.74, 6) is 0.0218. The summed E-state index contributed by atoms with van der Waals surface area (Å²) < 4.78 is 0. The van der Waals surface area contributed by atoms with Crippen LogP contribution in [-0.4, -0.2) is 10.9 Å². The molecule has 0 spiro atoms. The van der Waals surface area contributed by atoms with Gasteiger partial charge in [-0.2, -0.15) is 0 Å². The van der Waals surface area contributed by atoms with Crippen LogP contribution in [0.2, 0.25) is 0 Å². The molecule has 1 amide bonds. The highest BCUT2D eigenvalue weighted by Gasteiger charge is 2.09. The van der Waals surface area contributed by atoms with Crippen molar-refractivity contribution < 1.29 is 4.79 Å². The van der Waals surface area contributed by atoms with Crippen molar-refractivity contribution in [3.63, 3.8) is 0 Å². The summed E-state index contributed by atoms with van der Waals surface area (Å²) in [5, 5.41) is 4.11. The van der Waals surface area contributed by atoms with Gasteiger partial charge in [-0.3, -0.25) is 4.79 Å². The predicted octanol–water partition coefficient (Wildman–Crippen LogP) is 4.82. The number of H-pyrrole nitrogens is 1. The van der Waals surface area contributed by atoms with E-state index in [1.54, 1.807) is 0 Å². The summed E-state index contributed by atoms with van der Waals surface area (Å²) in [6.45, 7) is 1.85. The van der Waals surface area contributed by atoms with Crippen molar-refractivity contribution in [2.75, 3.05) is 5.32 Å². The lowest BCUT2D eigenvalue weighted by atomic mass is 10.1. The van der Waals surface area contributed by atoms with E-state index in [0.29, 0.717) is 6.42 Å². The van der Waals surface area contributed by atoms with Crippen molar-refractivity contribution >= 4 is 22.5 Å². The average Bonchev–Trinajstić information content (AvgIpc) is 2.91. The van der Waals surface area contributed by atoms with Gasteiger partial charge in [0.05, 0.1) is 5.69 Å². The number of aromatic amines is 1. The third-order valence-corrected chi connectivity index (χ3v) is 3.34. The van der Waals surface area contributed by atoms with Crippen LogP contribution in [0.3, 0.4) is 0 Å². The number of fused-ring (bicyclic) bond motifs is 1. The molecule has 108 valence electrons. The fraction of sp³-hybridized carbons (Fsp3) is 0.167. The van der Waals surface area contributed by atoms with Gasteiger partial charge < -0.3 is 10.3 Å². The van der Waals surface area contributed by atoms with Crippen LogP contribution in [0, 0.1) is 0 Å². The van der Waals surface area contributed by atoms with Crippen molar-refractivity contribution in [2.24, 2.45) is 0 Å². The first-order chi connectivity index (χ1) is 9.78. The second kappa shape index (κ2) is 6.27. The molecule has 0 saturated carbocycles. The van der Waals surface area contributed by atoms with E-state index in [0.717, 1.165) is 22.5 Å². The van der Waals surface area contributed by atoms with E-state index < -0.39 is 0 Å². The summed E-state index contributed by atoms with van der Waals surface area (Å²) in [5.41, 5.74) is 3.95. The molecule has 0 unspecified atom stereocenters. The van der Waals surface area contributed by atoms with Gasteiger partial charge in [-0.05, 0) is 18.2 Å². The van der Waals surface area contributed by atoms with E-state index in [1.165, 1.54) is 5.39 Å². The minimum absolute atomic E-state index is 0. The van der Waals surface area contributed by atoms with Gasteiger partial charge in [0.1, 0.15) is 0 Å². The number of rotatable bonds is 3. The zero-order valence-electron chi connectivity index (χ0n) is 11.3. The molecule has 0 aliphatic carbocycles. The minimum atomic E-state index is 0. The number of hydrogen-bond donors (Lipinski definition) is 2. The highest BCUT2D eigenvalue weighted by Crippen LogP contribution is 2.29. The van der Waals surface area contributed by atoms with Crippen LogP contribution in [0.4, 0.5) is 5.69 Å². The van der Waals surface area contributed by atoms with Gasteiger partial charge >= 0.3 is 0 Å². The lowest BCUT2D eigenvalue weighted by Gasteiger charge is -2.09. The fourth-order valence-corrected chi connectivity index (χ4v) is 2.28. The first-order valence-corrected chi connectivity index (χ1v) is 6.75. The Hall–Kier alpha value is -2.55. The van der Waals surface area contributed by atoms with Crippen molar-refractivity contribution in [1.29, 1.82) is 0 Å². The number of para-hydroxylation sites is 2. The van der Waals surface area contributed by atoms with Crippen LogP contribution in [0.5, 0.6) is 0 Å². The minimum Gasteiger partial charge on any atom is -0.354 e. The fourth-order valence-electron chi connectivity index (χ4n) is 2.28. The molecule has 21 heavy (non-hydrogen) atoms. The molecule has 0 fully saturated rings. The third kappa shape index (κ3) is 2.97. The Morgan fingerprint density at radius 3 is 2.57 bits per heavy atom. The topological polar surface area (TPSA) is 44.9 Å². The molecule has 2 aromatic carbocycles. The smallest absolute Gasteiger partial charge is 0.224 e. The number of carbonyl (C=O) groups is 1. The third-order valence-electron chi connectivity index (χ3n) is 3.34. The quantitative estimate of drug-likeness (QED) is 0.709. The second-order valence-electron chi connectivity index (χ2n) is 4.72. The van der Waals surface area contributed by atoms with Gasteiger partial charge in [0.2, 0.25) is 5.91 Å². The zero-order valence-corrected chi connectivity index (χ0v) is 11.3. The van der Waals surface area contributed by atoms with Gasteiger partial charge in [-0.1, -0.05) is 50.7 Å². The van der Waals surface area contributed by atoms with E-state index in [2.05, 4.69) is 22.4 Å². The average molecular weight is 280 g/mol. The molecule has 3 nitrogen and oxygen atoms in total. The first kappa shape index (κ1) is 14.9. The number of nitrogens with one attached hydrogen (secondary N) is 2. The summed E-state index contributed by atoms with van der Waals surface area (Å²) in [4.78, 5) is 15.0. The van der Waals surface area contributed by atoms with Crippen LogP contribution >= 0.6 is 0 Å². The molecular formula is C18H20N2O. The maximum atomic E-state index is 11.6. The number of hydrogen-bond acceptors (Lipinski definition) is 1. The Morgan fingerprint density at radius 2 is 1.81 bits per heavy atom. The van der Waals surface area contributed by atoms with Crippen molar-refractivity contribution in [3.8, 4) is 11.3 Å². The number of anilines is 1. The summed E-state index contributed by atoms with van der Waals surface area (Å²) >= 11 is 0. The van der Waals surface area contributed by atoms with Gasteiger partial charge in [0.25, 0.3) is 0 Å². The van der Waals surface area contributed by atoms with Crippen LogP contribution in [0.1, 0.15) is 20.8 Å². The van der Waals surface area contributed by atoms with Crippen LogP contribution < -0.4 is 5.32 Å². The second-order valence-corrected chi connectivity index (χ2v) is 4.72. The normalized spacial score (nSPS) is 10.1. The number of amides is 1. The number of aromatic nitrogens is 1. The van der Waals surface area contributed by atoms with E-state index in [9.17, 15) is 4.79 Å². The summed E-state index contributed by atoms with van der Waals surface area (Å²) in [6.07, 6.45) is 0.473. The number of benzene rings is 2. The summed E-state index contributed by atoms with van der Waals surface area (Å²) in [6, 6.07) is 18.1. The van der Waals surface area contributed by atoms with Crippen LogP contribution in [-0.2, 0) is 4.79 Å². The van der Waals surface area contributed by atoms with Gasteiger partial charge in [0.15, 0.2) is 0 Å². The molecule has 0 aliphatic heterocycles. The molecule has 1 aromatic heterocycles. The molecule has 3 rings (SSSR count). The molecular weight excluding hydrogens is 260 g/mol. The predicted molar refractivity (Wildman–Crippen MR) is 89.4 cm³/mol. The maximum absolute atomic E-state index is 11.6.